The number of carbonyl (C=O) groups excluding carboxylic acids is 1. The van der Waals surface area contributed by atoms with Crippen LogP contribution in [-0.2, 0) is 4.79 Å². The van der Waals surface area contributed by atoms with Gasteiger partial charge in [-0.15, -0.1) is 0 Å². The lowest BCUT2D eigenvalue weighted by Crippen LogP contribution is -2.37. The second-order valence-electron chi connectivity index (χ2n) is 2.78. The quantitative estimate of drug-likeness (QED) is 0.575. The molecule has 3 heteroatoms. The molecule has 1 heterocycles. The molecule has 1 fully saturated rings. The molecule has 0 aromatic rings. The van der Waals surface area contributed by atoms with Gasteiger partial charge in [-0.3, -0.25) is 4.79 Å². The standard InChI is InChI=1S/C7H13N2O/c8-4-7-2-1-3-9(5-7)6-10/h7H,1-5,8H2. The van der Waals surface area contributed by atoms with E-state index in [1.165, 1.54) is 0 Å². The summed E-state index contributed by atoms with van der Waals surface area (Å²) in [5.41, 5.74) is 5.46. The monoisotopic (exact) mass is 141 g/mol. The summed E-state index contributed by atoms with van der Waals surface area (Å²) in [7, 11) is 0. The fraction of sp³-hybridized carbons (Fsp3) is 0.857. The van der Waals surface area contributed by atoms with E-state index in [0.29, 0.717) is 12.5 Å². The maximum absolute atomic E-state index is 10.2. The van der Waals surface area contributed by atoms with Crippen LogP contribution in [0.4, 0.5) is 0 Å². The normalized spacial score (nSPS) is 26.5. The predicted molar refractivity (Wildman–Crippen MR) is 39.0 cm³/mol. The topological polar surface area (TPSA) is 46.3 Å². The van der Waals surface area contributed by atoms with E-state index < -0.39 is 0 Å². The van der Waals surface area contributed by atoms with Crippen molar-refractivity contribution >= 4 is 6.41 Å². The number of piperidine rings is 1. The summed E-state index contributed by atoms with van der Waals surface area (Å²) in [5, 5.41) is 0. The van der Waals surface area contributed by atoms with Crippen molar-refractivity contribution in [1.82, 2.24) is 4.90 Å². The molecule has 0 spiro atoms. The summed E-state index contributed by atoms with van der Waals surface area (Å²) in [6.07, 6.45) is 4.14. The van der Waals surface area contributed by atoms with Crippen molar-refractivity contribution < 1.29 is 4.79 Å². The smallest absolute Gasteiger partial charge is 0.312 e. The largest absolute Gasteiger partial charge is 0.334 e. The average molecular weight is 141 g/mol. The summed E-state index contributed by atoms with van der Waals surface area (Å²) < 4.78 is 0. The van der Waals surface area contributed by atoms with Gasteiger partial charge in [0, 0.05) is 13.1 Å². The van der Waals surface area contributed by atoms with Gasteiger partial charge in [-0.2, -0.15) is 0 Å². The Hall–Kier alpha value is -0.570. The molecule has 1 aliphatic heterocycles. The first-order valence-corrected chi connectivity index (χ1v) is 3.69. The van der Waals surface area contributed by atoms with Crippen molar-refractivity contribution in [2.75, 3.05) is 19.6 Å². The highest BCUT2D eigenvalue weighted by atomic mass is 16.1. The zero-order valence-corrected chi connectivity index (χ0v) is 6.05. The molecule has 0 saturated carbocycles. The highest BCUT2D eigenvalue weighted by Gasteiger charge is 2.16. The Morgan fingerprint density at radius 2 is 2.50 bits per heavy atom. The molecule has 1 aliphatic rings. The van der Waals surface area contributed by atoms with Gasteiger partial charge in [0.05, 0.1) is 0 Å². The van der Waals surface area contributed by atoms with E-state index in [4.69, 9.17) is 5.73 Å². The average Bonchev–Trinajstić information content (AvgIpc) is 2.05. The van der Waals surface area contributed by atoms with Gasteiger partial charge >= 0.3 is 6.41 Å². The van der Waals surface area contributed by atoms with Gasteiger partial charge in [0.15, 0.2) is 0 Å². The second-order valence-corrected chi connectivity index (χ2v) is 2.78. The summed E-state index contributed by atoms with van der Waals surface area (Å²) >= 11 is 0. The zero-order valence-electron chi connectivity index (χ0n) is 6.05. The third-order valence-corrected chi connectivity index (χ3v) is 1.98. The molecule has 1 atom stereocenters. The molecule has 0 aliphatic carbocycles. The zero-order chi connectivity index (χ0) is 7.40. The number of likely N-dealkylation sites (tertiary alicyclic amines) is 1. The Morgan fingerprint density at radius 3 is 3.10 bits per heavy atom. The Morgan fingerprint density at radius 1 is 1.70 bits per heavy atom. The number of nitrogens with zero attached hydrogens (tertiary/aromatic N) is 1. The maximum atomic E-state index is 10.2. The van der Waals surface area contributed by atoms with E-state index in [-0.39, 0.29) is 0 Å². The lowest BCUT2D eigenvalue weighted by Gasteiger charge is -2.27. The van der Waals surface area contributed by atoms with Crippen LogP contribution in [0.5, 0.6) is 0 Å². The number of rotatable bonds is 2. The molecule has 57 valence electrons. The highest BCUT2D eigenvalue weighted by molar-refractivity contribution is 5.48. The molecular formula is C7H13N2O. The molecule has 1 unspecified atom stereocenters. The van der Waals surface area contributed by atoms with E-state index in [2.05, 4.69) is 0 Å². The van der Waals surface area contributed by atoms with Crippen molar-refractivity contribution in [2.24, 2.45) is 11.7 Å². The minimum Gasteiger partial charge on any atom is -0.334 e. The van der Waals surface area contributed by atoms with Gasteiger partial charge in [0.1, 0.15) is 0 Å². The minimum absolute atomic E-state index is 0.509. The van der Waals surface area contributed by atoms with Gasteiger partial charge in [0.25, 0.3) is 0 Å². The summed E-state index contributed by atoms with van der Waals surface area (Å²) in [5.74, 6) is 0.509. The maximum Gasteiger partial charge on any atom is 0.312 e. The van der Waals surface area contributed by atoms with Gasteiger partial charge in [-0.1, -0.05) is 0 Å². The summed E-state index contributed by atoms with van der Waals surface area (Å²) in [6, 6.07) is 0. The number of hydrogen-bond acceptors (Lipinski definition) is 2. The Balaban J connectivity index is 2.31. The van der Waals surface area contributed by atoms with Crippen molar-refractivity contribution in [3.05, 3.63) is 0 Å². The van der Waals surface area contributed by atoms with Gasteiger partial charge in [-0.25, -0.2) is 0 Å². The van der Waals surface area contributed by atoms with Crippen LogP contribution in [0.1, 0.15) is 12.8 Å². The second kappa shape index (κ2) is 3.56. The Bertz CT molecular complexity index is 116. The van der Waals surface area contributed by atoms with E-state index in [9.17, 15) is 4.79 Å². The molecule has 2 N–H and O–H groups in total. The molecule has 1 saturated heterocycles. The molecule has 10 heavy (non-hydrogen) atoms. The fourth-order valence-electron chi connectivity index (χ4n) is 1.34. The number of hydrogen-bond donors (Lipinski definition) is 1. The lowest BCUT2D eigenvalue weighted by atomic mass is 9.99. The van der Waals surface area contributed by atoms with Crippen molar-refractivity contribution in [3.63, 3.8) is 0 Å². The van der Waals surface area contributed by atoms with Crippen molar-refractivity contribution in [1.29, 1.82) is 0 Å². The van der Waals surface area contributed by atoms with E-state index in [0.717, 1.165) is 25.9 Å². The predicted octanol–water partition coefficient (Wildman–Crippen LogP) is -0.276. The van der Waals surface area contributed by atoms with Gasteiger partial charge in [-0.05, 0) is 25.3 Å². The van der Waals surface area contributed by atoms with Gasteiger partial charge < -0.3 is 10.6 Å². The Labute approximate surface area is 61.2 Å². The van der Waals surface area contributed by atoms with Crippen LogP contribution in [0.3, 0.4) is 0 Å². The minimum atomic E-state index is 0.509. The molecule has 1 amide bonds. The summed E-state index contributed by atoms with van der Waals surface area (Å²) in [4.78, 5) is 11.9. The molecule has 1 radical (unpaired) electrons. The third kappa shape index (κ3) is 1.70. The van der Waals surface area contributed by atoms with Crippen LogP contribution in [-0.4, -0.2) is 30.9 Å². The number of amides is 1. The van der Waals surface area contributed by atoms with Crippen LogP contribution in [0, 0.1) is 5.92 Å². The first-order valence-electron chi connectivity index (χ1n) is 3.69. The van der Waals surface area contributed by atoms with Crippen molar-refractivity contribution in [3.8, 4) is 0 Å². The molecule has 0 bridgehead atoms. The third-order valence-electron chi connectivity index (χ3n) is 1.98. The van der Waals surface area contributed by atoms with Crippen LogP contribution in [0.25, 0.3) is 0 Å². The van der Waals surface area contributed by atoms with E-state index in [1.807, 2.05) is 6.41 Å². The van der Waals surface area contributed by atoms with Crippen LogP contribution in [0.15, 0.2) is 0 Å². The lowest BCUT2D eigenvalue weighted by molar-refractivity contribution is 0.253. The van der Waals surface area contributed by atoms with Crippen LogP contribution < -0.4 is 5.73 Å². The van der Waals surface area contributed by atoms with Crippen LogP contribution in [0.2, 0.25) is 0 Å². The van der Waals surface area contributed by atoms with E-state index in [1.54, 1.807) is 4.90 Å². The van der Waals surface area contributed by atoms with Crippen LogP contribution >= 0.6 is 0 Å². The Kier molecular flexibility index (Phi) is 2.68. The first-order chi connectivity index (χ1) is 4.86. The van der Waals surface area contributed by atoms with Gasteiger partial charge in [0.2, 0.25) is 0 Å². The first kappa shape index (κ1) is 7.54. The molecular weight excluding hydrogens is 128 g/mol. The van der Waals surface area contributed by atoms with Crippen molar-refractivity contribution in [2.45, 2.75) is 12.8 Å². The molecule has 0 aromatic carbocycles. The van der Waals surface area contributed by atoms with E-state index >= 15 is 0 Å². The summed E-state index contributed by atoms with van der Waals surface area (Å²) in [6.45, 7) is 2.36. The molecule has 3 nitrogen and oxygen atoms in total. The molecule has 0 aromatic heterocycles. The SMILES string of the molecule is NCC1CCCN([C]=O)C1. The molecule has 1 rings (SSSR count). The fourth-order valence-corrected chi connectivity index (χ4v) is 1.34. The number of nitrogens with two attached hydrogens (primary N) is 1. The highest BCUT2D eigenvalue weighted by Crippen LogP contribution is 2.12.